The number of aryl methyl sites for hydroxylation is 1. The minimum Gasteiger partial charge on any atom is -0.495 e. The van der Waals surface area contributed by atoms with Crippen molar-refractivity contribution in [1.29, 1.82) is 5.26 Å². The second kappa shape index (κ2) is 40.7. The molecule has 0 radical (unpaired) electrons. The van der Waals surface area contributed by atoms with Gasteiger partial charge < -0.3 is 73.5 Å². The molecule has 16 aromatic heterocycles. The molecule has 40 heteroatoms. The molecule has 8 aromatic carbocycles. The zero-order chi connectivity index (χ0) is 101. The number of ketones is 3. The number of furan rings is 3. The summed E-state index contributed by atoms with van der Waals surface area (Å²) in [5, 5.41) is 85.7. The Balaban J connectivity index is 0.000000111. The number of aromatic amines is 3. The Kier molecular flexibility index (Phi) is 26.5. The predicted octanol–water partition coefficient (Wildman–Crippen LogP) is 25.4. The molecule has 0 aliphatic heterocycles. The monoisotopic (exact) mass is 2070 g/mol. The Morgan fingerprint density at radius 2 is 0.959 bits per heavy atom. The molecule has 0 saturated carbocycles. The molecule has 0 saturated heterocycles. The van der Waals surface area contributed by atoms with Crippen LogP contribution in [0.4, 0.5) is 10.0 Å². The van der Waals surface area contributed by atoms with E-state index in [1.807, 2.05) is 115 Å². The topological polar surface area (TPSA) is 519 Å². The van der Waals surface area contributed by atoms with E-state index in [0.29, 0.717) is 131 Å². The van der Waals surface area contributed by atoms with Gasteiger partial charge in [0.1, 0.15) is 70.8 Å². The predicted molar refractivity (Wildman–Crippen MR) is 556 cm³/mol. The number of thiazole rings is 2. The quantitative estimate of drug-likeness (QED) is 0.0251. The van der Waals surface area contributed by atoms with Crippen molar-refractivity contribution < 1.29 is 101 Å². The number of Topliss-reactive ketones (excluding diaryl/α,β-unsaturated/α-hetero) is 3. The molecule has 718 valence electrons. The molecule has 0 unspecified atom stereocenters. The number of para-hydroxylation sites is 7. The van der Waals surface area contributed by atoms with Gasteiger partial charge in [-0.15, -0.1) is 79.4 Å². The number of methoxy groups -OCH3 is 1. The lowest BCUT2D eigenvalue weighted by Gasteiger charge is -2.04. The number of nitrogens with zero attached hydrogens (tertiary/aromatic N) is 7. The number of rotatable bonds is 24. The Morgan fingerprint density at radius 3 is 1.55 bits per heavy atom. The summed E-state index contributed by atoms with van der Waals surface area (Å²) in [7, 11) is 1.58. The minimum atomic E-state index is -1.18. The molecule has 0 fully saturated rings. The number of hydrogen-bond acceptors (Lipinski definition) is 30. The van der Waals surface area contributed by atoms with E-state index in [1.165, 1.54) is 56.7 Å². The van der Waals surface area contributed by atoms with Gasteiger partial charge in [-0.05, 0) is 155 Å². The van der Waals surface area contributed by atoms with Crippen LogP contribution in [0.5, 0.6) is 5.75 Å². The molecular formula is C106H66N12O21S7. The lowest BCUT2D eigenvalue weighted by Crippen LogP contribution is -2.13. The highest BCUT2D eigenvalue weighted by molar-refractivity contribution is 7.22. The first kappa shape index (κ1) is 95.2. The lowest BCUT2D eigenvalue weighted by molar-refractivity contribution is 0.0686. The van der Waals surface area contributed by atoms with Crippen LogP contribution in [0.2, 0.25) is 0 Å². The number of nitrogens with one attached hydrogen (secondary N) is 5. The summed E-state index contributed by atoms with van der Waals surface area (Å²) < 4.78 is 33.4. The molecule has 33 nitrogen and oxygen atoms in total. The number of hydrogen-bond donors (Lipinski definition) is 10. The van der Waals surface area contributed by atoms with E-state index in [0.717, 1.165) is 81.9 Å². The van der Waals surface area contributed by atoms with Crippen LogP contribution >= 0.6 is 79.4 Å². The van der Waals surface area contributed by atoms with Crippen molar-refractivity contribution in [3.05, 3.63) is 345 Å². The summed E-state index contributed by atoms with van der Waals surface area (Å²) in [6, 6.07) is 67.0. The van der Waals surface area contributed by atoms with Gasteiger partial charge in [0.2, 0.25) is 11.6 Å². The van der Waals surface area contributed by atoms with Gasteiger partial charge in [-0.1, -0.05) is 97.1 Å². The van der Waals surface area contributed by atoms with Crippen molar-refractivity contribution in [2.24, 2.45) is 0 Å². The number of H-pyrrole nitrogens is 3. The number of pyridine rings is 1. The number of thiophene rings is 5. The number of anilines is 2. The molecule has 24 rings (SSSR count). The maximum atomic E-state index is 12.7. The van der Waals surface area contributed by atoms with Gasteiger partial charge in [0, 0.05) is 145 Å². The average molecular weight is 2070 g/mol. The molecule has 0 atom stereocenters. The third-order valence-electron chi connectivity index (χ3n) is 23.2. The Hall–Kier alpha value is -18.4. The number of nitriles is 1. The summed E-state index contributed by atoms with van der Waals surface area (Å²) in [6.45, 7) is 1.78. The number of oxazole rings is 1. The first-order valence-corrected chi connectivity index (χ1v) is 49.8. The van der Waals surface area contributed by atoms with Crippen LogP contribution in [0.25, 0.3) is 153 Å². The molecule has 2 amide bonds. The van der Waals surface area contributed by atoms with Crippen LogP contribution in [-0.4, -0.2) is 137 Å². The normalized spacial score (nSPS) is 11.2. The fraction of sp³-hybridized carbons (Fsp3) is 0.0472. The minimum absolute atomic E-state index is 0.0139. The number of ether oxygens (including phenoxy) is 1. The molecule has 24 aromatic rings. The van der Waals surface area contributed by atoms with E-state index in [9.17, 15) is 73.5 Å². The Bertz CT molecular complexity index is 9010. The third-order valence-corrected chi connectivity index (χ3v) is 30.0. The summed E-state index contributed by atoms with van der Waals surface area (Å²) in [5.41, 5.74) is 15.4. The van der Waals surface area contributed by atoms with Gasteiger partial charge in [0.05, 0.1) is 67.2 Å². The number of aromatic nitrogens is 9. The van der Waals surface area contributed by atoms with Crippen LogP contribution in [0.1, 0.15) is 130 Å². The maximum Gasteiger partial charge on any atom is 0.339 e. The number of amides is 2. The van der Waals surface area contributed by atoms with E-state index in [2.05, 4.69) is 61.9 Å². The molecule has 16 heterocycles. The van der Waals surface area contributed by atoms with Crippen molar-refractivity contribution in [2.75, 3.05) is 17.7 Å². The Labute approximate surface area is 847 Å². The van der Waals surface area contributed by atoms with Crippen molar-refractivity contribution in [3.8, 4) is 67.2 Å². The average Bonchev–Trinajstić information content (AvgIpc) is 1.66. The standard InChI is InChI=1S/C23H16N2O5S.C22H12N4O4S.C22H14N2O4S.C21H12N2O5S.C18H12N2O3S3/c1-29-17-8-4-6-13-9-15(24-20(13)17)14-11-31-22(19(14)23(27)28)25-21(26)18-10-12-5-2-3-7-16(12)30-18;23-9-11-5-6-14-12(7-11)8-16(24-14)13-10-31-21(18(13)22(28)29)26-19(27)20-25-15-3-1-2-4-17(15)30-20;25-16(18-8-12-3-1-2-4-17(12)28-18)9-19-20(22(26)27)15(11-29-19)14-7-13-5-6-23-21(13)24-10-14;24-16(18-8-12-3-1-2-4-17(12)27-18)9-19-20(21(25)26)13(10-29-19)11-5-6-14-15(7-11)23-28-22-14;1-9-16(25-8-19-9)12(21)6-14-15(18(22)23)10(7-24-14)17-20-11-4-2-3-5-13(11)26-17/h2-11,24H,1H3,(H,25,26)(H,27,28);1-8,10,24H,(H,26,27)(H,28,29);1-8,10-11H,9H2,(H,23,24)(H,26,27);1-8,10H,9H2,(H,25,26);2-5,7-8H,6H2,1H3,(H,22,23). The second-order valence-electron chi connectivity index (χ2n) is 32.3. The van der Waals surface area contributed by atoms with Crippen LogP contribution in [0, 0.1) is 18.3 Å². The first-order chi connectivity index (χ1) is 70.8. The summed E-state index contributed by atoms with van der Waals surface area (Å²) in [4.78, 5) is 152. The molecular weight excluding hydrogens is 2000 g/mol. The van der Waals surface area contributed by atoms with Crippen LogP contribution in [0.15, 0.2) is 285 Å². The number of aromatic carboxylic acids is 5. The van der Waals surface area contributed by atoms with Gasteiger partial charge in [-0.3, -0.25) is 24.0 Å². The van der Waals surface area contributed by atoms with Gasteiger partial charge in [-0.25, -0.2) is 48.5 Å². The highest BCUT2D eigenvalue weighted by Crippen LogP contribution is 2.44. The van der Waals surface area contributed by atoms with E-state index < -0.39 is 41.7 Å². The van der Waals surface area contributed by atoms with Crippen molar-refractivity contribution >= 4 is 246 Å². The first-order valence-electron chi connectivity index (χ1n) is 43.7. The molecule has 0 aliphatic rings. The molecule has 146 heavy (non-hydrogen) atoms. The zero-order valence-electron chi connectivity index (χ0n) is 75.3. The number of carboxylic acids is 5. The van der Waals surface area contributed by atoms with E-state index in [-0.39, 0.29) is 97.6 Å². The zero-order valence-corrected chi connectivity index (χ0v) is 81.0. The molecule has 10 N–H and O–H groups in total. The number of carbonyl (C=O) groups is 10. The maximum absolute atomic E-state index is 12.7. The van der Waals surface area contributed by atoms with Crippen molar-refractivity contribution in [2.45, 2.75) is 26.2 Å². The van der Waals surface area contributed by atoms with Gasteiger partial charge in [-0.2, -0.15) is 5.26 Å². The fourth-order valence-corrected chi connectivity index (χ4v) is 23.1. The van der Waals surface area contributed by atoms with E-state index in [4.69, 9.17) is 32.3 Å². The van der Waals surface area contributed by atoms with Crippen LogP contribution in [-0.2, 0) is 19.3 Å². The largest absolute Gasteiger partial charge is 0.495 e. The second-order valence-corrected chi connectivity index (χ2v) is 38.8. The van der Waals surface area contributed by atoms with E-state index >= 15 is 0 Å². The van der Waals surface area contributed by atoms with Crippen LogP contribution < -0.4 is 15.4 Å². The smallest absolute Gasteiger partial charge is 0.339 e. The number of benzene rings is 8. The van der Waals surface area contributed by atoms with Crippen molar-refractivity contribution in [1.82, 2.24) is 45.2 Å². The number of carboxylic acid groups (broad SMARTS) is 5. The van der Waals surface area contributed by atoms with Gasteiger partial charge >= 0.3 is 35.8 Å². The SMILES string of the molecule is COc1cccc2cc(-c3csc(NC(=O)c4cc5ccccc5o4)c3C(=O)O)[nH]c12.Cc1ncsc1C(=O)Cc1scc(-c2nc3ccccc3s2)c1C(=O)O.N#Cc1ccc2[nH]c(-c3csc(NC(=O)c4nc5ccccc5o4)c3C(=O)O)cc2c1.O=C(Cc1scc(-c2ccc3nonc3c2)c1C(=O)O)c1cc2ccccc2o1.O=C(Cc1scc(-c2cnc3[nH]ccc3c2)c1C(=O)O)c1cc2ccccc2o1. The molecule has 0 spiro atoms. The highest BCUT2D eigenvalue weighted by atomic mass is 32.1. The Morgan fingerprint density at radius 1 is 0.432 bits per heavy atom. The number of fused-ring (bicyclic) bond motifs is 9. The van der Waals surface area contributed by atoms with Gasteiger partial charge in [0.15, 0.2) is 28.6 Å². The number of carbonyl (C=O) groups excluding carboxylic acids is 5. The lowest BCUT2D eigenvalue weighted by atomic mass is 10.0. The van der Waals surface area contributed by atoms with E-state index in [1.54, 1.807) is 162 Å². The highest BCUT2D eigenvalue weighted by Gasteiger charge is 2.32. The molecule has 0 aliphatic carbocycles. The van der Waals surface area contributed by atoms with Crippen LogP contribution in [0.3, 0.4) is 0 Å². The summed E-state index contributed by atoms with van der Waals surface area (Å²) >= 11 is 8.75. The summed E-state index contributed by atoms with van der Waals surface area (Å²) in [5.74, 6) is -6.22. The molecule has 0 bridgehead atoms. The van der Waals surface area contributed by atoms with Gasteiger partial charge in [0.25, 0.3) is 11.8 Å². The fourth-order valence-electron chi connectivity index (χ4n) is 16.3. The third kappa shape index (κ3) is 19.5. The summed E-state index contributed by atoms with van der Waals surface area (Å²) in [6.07, 6.45) is 3.38. The van der Waals surface area contributed by atoms with Crippen molar-refractivity contribution in [3.63, 3.8) is 0 Å².